The molecule has 0 radical (unpaired) electrons. The van der Waals surface area contributed by atoms with Crippen LogP contribution in [-0.4, -0.2) is 11.3 Å². The topological polar surface area (TPSA) is 38.3 Å². The van der Waals surface area contributed by atoms with Crippen LogP contribution in [0.25, 0.3) is 0 Å². The number of rotatable bonds is 4. The van der Waals surface area contributed by atoms with Crippen LogP contribution >= 0.6 is 11.6 Å². The van der Waals surface area contributed by atoms with Crippen LogP contribution in [0.4, 0.5) is 5.69 Å². The van der Waals surface area contributed by atoms with Gasteiger partial charge in [0, 0.05) is 11.8 Å². The van der Waals surface area contributed by atoms with E-state index in [4.69, 9.17) is 16.3 Å². The Labute approximate surface area is 117 Å². The first-order chi connectivity index (χ1) is 9.15. The van der Waals surface area contributed by atoms with E-state index in [2.05, 4.69) is 5.32 Å². The lowest BCUT2D eigenvalue weighted by Crippen LogP contribution is -2.20. The van der Waals surface area contributed by atoms with E-state index >= 15 is 0 Å². The van der Waals surface area contributed by atoms with Crippen molar-refractivity contribution in [2.45, 2.75) is 12.3 Å². The summed E-state index contributed by atoms with van der Waals surface area (Å²) in [6, 6.07) is 16.6. The molecule has 98 valence electrons. The maximum Gasteiger partial charge on any atom is 0.242 e. The van der Waals surface area contributed by atoms with Gasteiger partial charge in [0.05, 0.1) is 0 Å². The number of hydrogen-bond acceptors (Lipinski definition) is 2. The van der Waals surface area contributed by atoms with Crippen molar-refractivity contribution in [3.05, 3.63) is 54.6 Å². The van der Waals surface area contributed by atoms with Gasteiger partial charge in [0.15, 0.2) is 0 Å². The van der Waals surface area contributed by atoms with Gasteiger partial charge in [0.2, 0.25) is 5.91 Å². The molecule has 0 spiro atoms. The normalized spacial score (nSPS) is 11.7. The number of anilines is 1. The predicted molar refractivity (Wildman–Crippen MR) is 76.9 cm³/mol. The van der Waals surface area contributed by atoms with E-state index in [9.17, 15) is 4.79 Å². The Bertz CT molecular complexity index is 555. The molecule has 1 atom stereocenters. The minimum atomic E-state index is -0.571. The van der Waals surface area contributed by atoms with E-state index < -0.39 is 5.38 Å². The maximum absolute atomic E-state index is 11.5. The number of hydrogen-bond donors (Lipinski definition) is 1. The van der Waals surface area contributed by atoms with Crippen LogP contribution in [0.3, 0.4) is 0 Å². The van der Waals surface area contributed by atoms with Crippen molar-refractivity contribution >= 4 is 23.2 Å². The maximum atomic E-state index is 11.5. The minimum Gasteiger partial charge on any atom is -0.457 e. The van der Waals surface area contributed by atoms with Gasteiger partial charge in [-0.05, 0) is 31.2 Å². The molecule has 19 heavy (non-hydrogen) atoms. The fourth-order valence-electron chi connectivity index (χ4n) is 1.50. The van der Waals surface area contributed by atoms with Gasteiger partial charge in [-0.25, -0.2) is 0 Å². The first-order valence-electron chi connectivity index (χ1n) is 5.93. The van der Waals surface area contributed by atoms with Crippen molar-refractivity contribution in [2.24, 2.45) is 0 Å². The molecule has 0 heterocycles. The molecular formula is C15H14ClNO2. The number of alkyl halides is 1. The van der Waals surface area contributed by atoms with E-state index in [1.165, 1.54) is 0 Å². The zero-order chi connectivity index (χ0) is 13.7. The molecule has 1 amide bonds. The van der Waals surface area contributed by atoms with Crippen molar-refractivity contribution in [3.63, 3.8) is 0 Å². The van der Waals surface area contributed by atoms with Gasteiger partial charge in [-0.1, -0.05) is 24.3 Å². The number of benzene rings is 2. The summed E-state index contributed by atoms with van der Waals surface area (Å²) in [5.41, 5.74) is 0.658. The molecule has 3 nitrogen and oxygen atoms in total. The Hall–Kier alpha value is -2.00. The molecule has 2 aromatic carbocycles. The number of carbonyl (C=O) groups excluding carboxylic acids is 1. The summed E-state index contributed by atoms with van der Waals surface area (Å²) in [6.45, 7) is 1.63. The summed E-state index contributed by atoms with van der Waals surface area (Å²) in [5.74, 6) is 1.17. The Kier molecular flexibility index (Phi) is 4.42. The minimum absolute atomic E-state index is 0.237. The van der Waals surface area contributed by atoms with Crippen LogP contribution < -0.4 is 10.1 Å². The molecular weight excluding hydrogens is 262 g/mol. The molecule has 0 fully saturated rings. The van der Waals surface area contributed by atoms with Crippen LogP contribution in [0.5, 0.6) is 11.5 Å². The SMILES string of the molecule is C[C@H](Cl)C(=O)Nc1cccc(Oc2ccccc2)c1. The first-order valence-corrected chi connectivity index (χ1v) is 6.37. The van der Waals surface area contributed by atoms with Crippen LogP contribution in [0.2, 0.25) is 0 Å². The Morgan fingerprint density at radius 1 is 1.11 bits per heavy atom. The molecule has 0 saturated heterocycles. The second-order valence-electron chi connectivity index (χ2n) is 4.05. The number of amides is 1. The zero-order valence-electron chi connectivity index (χ0n) is 10.5. The van der Waals surface area contributed by atoms with Crippen molar-refractivity contribution in [1.29, 1.82) is 0 Å². The number of ether oxygens (including phenoxy) is 1. The Morgan fingerprint density at radius 3 is 2.47 bits per heavy atom. The summed E-state index contributed by atoms with van der Waals surface area (Å²) in [6.07, 6.45) is 0. The van der Waals surface area contributed by atoms with Crippen LogP contribution in [0, 0.1) is 0 Å². The van der Waals surface area contributed by atoms with Gasteiger partial charge in [0.1, 0.15) is 16.9 Å². The molecule has 2 rings (SSSR count). The quantitative estimate of drug-likeness (QED) is 0.855. The van der Waals surface area contributed by atoms with E-state index in [1.54, 1.807) is 19.1 Å². The molecule has 0 aliphatic rings. The highest BCUT2D eigenvalue weighted by molar-refractivity contribution is 6.32. The first kappa shape index (κ1) is 13.4. The van der Waals surface area contributed by atoms with Gasteiger partial charge < -0.3 is 10.1 Å². The summed E-state index contributed by atoms with van der Waals surface area (Å²) >= 11 is 5.70. The lowest BCUT2D eigenvalue weighted by Gasteiger charge is -2.09. The van der Waals surface area contributed by atoms with Gasteiger partial charge >= 0.3 is 0 Å². The van der Waals surface area contributed by atoms with Crippen LogP contribution in [-0.2, 0) is 4.79 Å². The molecule has 0 aliphatic carbocycles. The lowest BCUT2D eigenvalue weighted by atomic mass is 10.3. The smallest absolute Gasteiger partial charge is 0.242 e. The molecule has 1 N–H and O–H groups in total. The highest BCUT2D eigenvalue weighted by Gasteiger charge is 2.09. The summed E-state index contributed by atoms with van der Waals surface area (Å²) in [4.78, 5) is 11.5. The van der Waals surface area contributed by atoms with Crippen molar-refractivity contribution in [1.82, 2.24) is 0 Å². The molecule has 0 saturated carbocycles. The van der Waals surface area contributed by atoms with Gasteiger partial charge in [-0.15, -0.1) is 11.6 Å². The fourth-order valence-corrected chi connectivity index (χ4v) is 1.56. The highest BCUT2D eigenvalue weighted by Crippen LogP contribution is 2.23. The van der Waals surface area contributed by atoms with Crippen molar-refractivity contribution < 1.29 is 9.53 Å². The van der Waals surface area contributed by atoms with E-state index in [0.717, 1.165) is 5.75 Å². The van der Waals surface area contributed by atoms with Gasteiger partial charge in [-0.3, -0.25) is 4.79 Å². The van der Waals surface area contributed by atoms with E-state index in [1.807, 2.05) is 42.5 Å². The molecule has 0 unspecified atom stereocenters. The summed E-state index contributed by atoms with van der Waals surface area (Å²) in [7, 11) is 0. The average Bonchev–Trinajstić information content (AvgIpc) is 2.40. The zero-order valence-corrected chi connectivity index (χ0v) is 11.2. The number of nitrogens with one attached hydrogen (secondary N) is 1. The average molecular weight is 276 g/mol. The molecule has 2 aromatic rings. The second-order valence-corrected chi connectivity index (χ2v) is 4.70. The van der Waals surface area contributed by atoms with Gasteiger partial charge in [-0.2, -0.15) is 0 Å². The largest absolute Gasteiger partial charge is 0.457 e. The Morgan fingerprint density at radius 2 is 1.79 bits per heavy atom. The van der Waals surface area contributed by atoms with Crippen LogP contribution in [0.1, 0.15) is 6.92 Å². The molecule has 0 bridgehead atoms. The summed E-state index contributed by atoms with van der Waals surface area (Å²) < 4.78 is 5.68. The van der Waals surface area contributed by atoms with E-state index in [0.29, 0.717) is 11.4 Å². The number of carbonyl (C=O) groups is 1. The molecule has 0 aliphatic heterocycles. The number of para-hydroxylation sites is 1. The second kappa shape index (κ2) is 6.25. The summed E-state index contributed by atoms with van der Waals surface area (Å²) in [5, 5.41) is 2.15. The standard InChI is InChI=1S/C15H14ClNO2/c1-11(16)15(18)17-12-6-5-9-14(10-12)19-13-7-3-2-4-8-13/h2-11H,1H3,(H,17,18)/t11-/m0/s1. The number of halogens is 1. The highest BCUT2D eigenvalue weighted by atomic mass is 35.5. The van der Waals surface area contributed by atoms with Gasteiger partial charge in [0.25, 0.3) is 0 Å². The lowest BCUT2D eigenvalue weighted by molar-refractivity contribution is -0.115. The third-order valence-electron chi connectivity index (χ3n) is 2.44. The third kappa shape index (κ3) is 4.00. The van der Waals surface area contributed by atoms with Crippen molar-refractivity contribution in [2.75, 3.05) is 5.32 Å². The van der Waals surface area contributed by atoms with Crippen LogP contribution in [0.15, 0.2) is 54.6 Å². The predicted octanol–water partition coefficient (Wildman–Crippen LogP) is 4.04. The molecule has 0 aromatic heterocycles. The monoisotopic (exact) mass is 275 g/mol. The fraction of sp³-hybridized carbons (Fsp3) is 0.133. The Balaban J connectivity index is 2.09. The van der Waals surface area contributed by atoms with Crippen molar-refractivity contribution in [3.8, 4) is 11.5 Å². The molecule has 4 heteroatoms. The third-order valence-corrected chi connectivity index (χ3v) is 2.64. The van der Waals surface area contributed by atoms with E-state index in [-0.39, 0.29) is 5.91 Å².